The van der Waals surface area contributed by atoms with E-state index >= 15 is 0 Å². The Balaban J connectivity index is 1.49. The number of anilines is 1. The van der Waals surface area contributed by atoms with Crippen LogP contribution in [0.3, 0.4) is 0 Å². The molecule has 0 spiro atoms. The maximum atomic E-state index is 6.12. The lowest BCUT2D eigenvalue weighted by Crippen LogP contribution is -2.37. The fourth-order valence-corrected chi connectivity index (χ4v) is 3.74. The molecule has 1 N–H and O–H groups in total. The smallest absolute Gasteiger partial charge is 0.0953 e. The average molecular weight is 329 g/mol. The van der Waals surface area contributed by atoms with Crippen molar-refractivity contribution >= 4 is 17.3 Å². The van der Waals surface area contributed by atoms with Gasteiger partial charge in [0.05, 0.1) is 12.7 Å². The summed E-state index contributed by atoms with van der Waals surface area (Å²) in [5, 5.41) is 4.30. The molecule has 0 aromatic heterocycles. The molecule has 0 radical (unpaired) electrons. The minimum atomic E-state index is 0.104. The van der Waals surface area contributed by atoms with Crippen LogP contribution in [0, 0.1) is 0 Å². The van der Waals surface area contributed by atoms with E-state index in [1.54, 1.807) is 0 Å². The summed E-state index contributed by atoms with van der Waals surface area (Å²) >= 11 is 6.12. The lowest BCUT2D eigenvalue weighted by atomic mass is 10.1. The van der Waals surface area contributed by atoms with Crippen molar-refractivity contribution in [3.8, 4) is 0 Å². The molecule has 2 aromatic rings. The van der Waals surface area contributed by atoms with Gasteiger partial charge < -0.3 is 10.1 Å². The van der Waals surface area contributed by atoms with Gasteiger partial charge in [-0.3, -0.25) is 4.90 Å². The van der Waals surface area contributed by atoms with Crippen molar-refractivity contribution in [2.24, 2.45) is 0 Å². The number of nitrogens with one attached hydrogen (secondary N) is 1. The lowest BCUT2D eigenvalue weighted by Gasteiger charge is -2.33. The summed E-state index contributed by atoms with van der Waals surface area (Å²) in [6.45, 7) is 4.67. The van der Waals surface area contributed by atoms with E-state index in [1.807, 2.05) is 18.2 Å². The van der Waals surface area contributed by atoms with Crippen LogP contribution in [0.4, 0.5) is 5.69 Å². The van der Waals surface area contributed by atoms with Crippen molar-refractivity contribution in [2.75, 3.05) is 31.6 Å². The first-order valence-electron chi connectivity index (χ1n) is 8.24. The molecule has 1 unspecified atom stereocenters. The molecule has 1 saturated heterocycles. The van der Waals surface area contributed by atoms with Crippen LogP contribution < -0.4 is 5.32 Å². The third kappa shape index (κ3) is 3.23. The number of fused-ring (bicyclic) bond motifs is 1. The van der Waals surface area contributed by atoms with E-state index in [4.69, 9.17) is 16.3 Å². The number of rotatable bonds is 3. The van der Waals surface area contributed by atoms with Crippen LogP contribution in [0.5, 0.6) is 0 Å². The van der Waals surface area contributed by atoms with Gasteiger partial charge in [0.25, 0.3) is 0 Å². The normalized spacial score (nSPS) is 21.0. The van der Waals surface area contributed by atoms with Crippen molar-refractivity contribution < 1.29 is 4.74 Å². The SMILES string of the molecule is Clc1cccc(C2CN(Cc3cccc4c3NCC4)CCO2)c1. The van der Waals surface area contributed by atoms with Crippen LogP contribution >= 0.6 is 11.6 Å². The minimum absolute atomic E-state index is 0.104. The highest BCUT2D eigenvalue weighted by Gasteiger charge is 2.23. The number of morpholine rings is 1. The highest BCUT2D eigenvalue weighted by molar-refractivity contribution is 6.30. The van der Waals surface area contributed by atoms with Crippen LogP contribution in [0.1, 0.15) is 22.8 Å². The van der Waals surface area contributed by atoms with Gasteiger partial charge in [-0.15, -0.1) is 0 Å². The quantitative estimate of drug-likeness (QED) is 0.925. The summed E-state index contributed by atoms with van der Waals surface area (Å²) in [7, 11) is 0. The first kappa shape index (κ1) is 15.0. The highest BCUT2D eigenvalue weighted by Crippen LogP contribution is 2.30. The first-order chi connectivity index (χ1) is 11.3. The molecule has 0 amide bonds. The first-order valence-corrected chi connectivity index (χ1v) is 8.61. The number of halogens is 1. The summed E-state index contributed by atoms with van der Waals surface area (Å²) in [6.07, 6.45) is 1.24. The number of nitrogens with zero attached hydrogens (tertiary/aromatic N) is 1. The van der Waals surface area contributed by atoms with E-state index in [0.29, 0.717) is 0 Å². The Kier molecular flexibility index (Phi) is 4.25. The van der Waals surface area contributed by atoms with E-state index < -0.39 is 0 Å². The van der Waals surface area contributed by atoms with E-state index in [-0.39, 0.29) is 6.10 Å². The zero-order valence-corrected chi connectivity index (χ0v) is 13.9. The van der Waals surface area contributed by atoms with Crippen LogP contribution in [-0.2, 0) is 17.7 Å². The monoisotopic (exact) mass is 328 g/mol. The van der Waals surface area contributed by atoms with Gasteiger partial charge in [0.15, 0.2) is 0 Å². The molecule has 2 aromatic carbocycles. The Bertz CT molecular complexity index is 704. The molecule has 1 fully saturated rings. The Morgan fingerprint density at radius 3 is 3.04 bits per heavy atom. The average Bonchev–Trinajstić information content (AvgIpc) is 3.05. The van der Waals surface area contributed by atoms with Crippen LogP contribution in [-0.4, -0.2) is 31.1 Å². The second kappa shape index (κ2) is 6.52. The highest BCUT2D eigenvalue weighted by atomic mass is 35.5. The molecule has 4 rings (SSSR count). The maximum Gasteiger partial charge on any atom is 0.0953 e. The lowest BCUT2D eigenvalue weighted by molar-refractivity contribution is -0.0328. The summed E-state index contributed by atoms with van der Waals surface area (Å²) in [6, 6.07) is 14.7. The standard InChI is InChI=1S/C19H21ClN2O/c20-17-6-2-4-15(11-17)18-13-22(9-10-23-18)12-16-5-1-3-14-7-8-21-19(14)16/h1-6,11,18,21H,7-10,12-13H2. The number of hydrogen-bond donors (Lipinski definition) is 1. The summed E-state index contributed by atoms with van der Waals surface area (Å²) in [5.74, 6) is 0. The maximum absolute atomic E-state index is 6.12. The second-order valence-electron chi connectivity index (χ2n) is 6.28. The summed E-state index contributed by atoms with van der Waals surface area (Å²) in [5.41, 5.74) is 5.35. The molecule has 0 aliphatic carbocycles. The van der Waals surface area contributed by atoms with Crippen molar-refractivity contribution in [1.82, 2.24) is 4.90 Å². The van der Waals surface area contributed by atoms with Crippen molar-refractivity contribution in [2.45, 2.75) is 19.1 Å². The van der Waals surface area contributed by atoms with Crippen LogP contribution in [0.2, 0.25) is 5.02 Å². The van der Waals surface area contributed by atoms with Crippen LogP contribution in [0.25, 0.3) is 0 Å². The van der Waals surface area contributed by atoms with E-state index in [1.165, 1.54) is 22.4 Å². The largest absolute Gasteiger partial charge is 0.384 e. The predicted molar refractivity (Wildman–Crippen MR) is 94.1 cm³/mol. The summed E-state index contributed by atoms with van der Waals surface area (Å²) in [4.78, 5) is 2.48. The van der Waals surface area contributed by atoms with Gasteiger partial charge in [-0.2, -0.15) is 0 Å². The Morgan fingerprint density at radius 2 is 2.13 bits per heavy atom. The zero-order chi connectivity index (χ0) is 15.6. The van der Waals surface area contributed by atoms with Gasteiger partial charge in [0.2, 0.25) is 0 Å². The Labute approximate surface area is 142 Å². The van der Waals surface area contributed by atoms with Crippen LogP contribution in [0.15, 0.2) is 42.5 Å². The minimum Gasteiger partial charge on any atom is -0.384 e. The van der Waals surface area contributed by atoms with Gasteiger partial charge in [0.1, 0.15) is 0 Å². The molecule has 0 saturated carbocycles. The van der Waals surface area contributed by atoms with E-state index in [2.05, 4.69) is 34.5 Å². The van der Waals surface area contributed by atoms with Gasteiger partial charge in [0, 0.05) is 36.9 Å². The Hall–Kier alpha value is -1.55. The van der Waals surface area contributed by atoms with Crippen molar-refractivity contribution in [3.63, 3.8) is 0 Å². The van der Waals surface area contributed by atoms with Crippen molar-refractivity contribution in [1.29, 1.82) is 0 Å². The van der Waals surface area contributed by atoms with Crippen molar-refractivity contribution in [3.05, 3.63) is 64.2 Å². The van der Waals surface area contributed by atoms with Gasteiger partial charge >= 0.3 is 0 Å². The van der Waals surface area contributed by atoms with E-state index in [0.717, 1.165) is 44.2 Å². The molecule has 120 valence electrons. The molecule has 2 aliphatic rings. The molecule has 23 heavy (non-hydrogen) atoms. The molecule has 1 atom stereocenters. The number of para-hydroxylation sites is 1. The van der Waals surface area contributed by atoms with Gasteiger partial charge in [-0.1, -0.05) is 41.9 Å². The fourth-order valence-electron chi connectivity index (χ4n) is 3.54. The molecular weight excluding hydrogens is 308 g/mol. The predicted octanol–water partition coefficient (Wildman–Crippen LogP) is 3.88. The Morgan fingerprint density at radius 1 is 1.22 bits per heavy atom. The molecule has 0 bridgehead atoms. The van der Waals surface area contributed by atoms with Gasteiger partial charge in [-0.25, -0.2) is 0 Å². The number of benzene rings is 2. The number of hydrogen-bond acceptors (Lipinski definition) is 3. The topological polar surface area (TPSA) is 24.5 Å². The third-order valence-electron chi connectivity index (χ3n) is 4.70. The zero-order valence-electron chi connectivity index (χ0n) is 13.1. The molecular formula is C19H21ClN2O. The molecule has 4 heteroatoms. The summed E-state index contributed by atoms with van der Waals surface area (Å²) < 4.78 is 5.96. The second-order valence-corrected chi connectivity index (χ2v) is 6.71. The van der Waals surface area contributed by atoms with Gasteiger partial charge in [-0.05, 0) is 35.2 Å². The molecule has 2 heterocycles. The fraction of sp³-hybridized carbons (Fsp3) is 0.368. The van der Waals surface area contributed by atoms with E-state index in [9.17, 15) is 0 Å². The molecule has 3 nitrogen and oxygen atoms in total. The number of ether oxygens (including phenoxy) is 1. The molecule has 2 aliphatic heterocycles. The third-order valence-corrected chi connectivity index (χ3v) is 4.93.